The smallest absolute Gasteiger partial charge is 0.240 e. The number of nitrogens with zero attached hydrogens (tertiary/aromatic N) is 1. The summed E-state index contributed by atoms with van der Waals surface area (Å²) in [4.78, 5) is 26.7. The van der Waals surface area contributed by atoms with Crippen molar-refractivity contribution in [2.45, 2.75) is 11.4 Å². The maximum Gasteiger partial charge on any atom is 0.240 e. The summed E-state index contributed by atoms with van der Waals surface area (Å²) < 4.78 is 12.8. The molecule has 1 N–H and O–H groups in total. The molecule has 1 aliphatic rings. The minimum absolute atomic E-state index is 0.0163. The van der Waals surface area contributed by atoms with E-state index >= 15 is 0 Å². The lowest BCUT2D eigenvalue weighted by molar-refractivity contribution is -0.123. The molecule has 0 unspecified atom stereocenters. The Balaban J connectivity index is 1.63. The number of fused-ring (bicyclic) bond motifs is 1. The van der Waals surface area contributed by atoms with Crippen molar-refractivity contribution in [3.8, 4) is 0 Å². The van der Waals surface area contributed by atoms with Crippen molar-refractivity contribution in [1.29, 1.82) is 0 Å². The van der Waals surface area contributed by atoms with Crippen molar-refractivity contribution >= 4 is 29.3 Å². The second-order valence-electron chi connectivity index (χ2n) is 5.14. The molecule has 0 atom stereocenters. The number of halogens is 1. The van der Waals surface area contributed by atoms with Crippen LogP contribution in [0.25, 0.3) is 0 Å². The summed E-state index contributed by atoms with van der Waals surface area (Å²) in [6.07, 6.45) is 0. The summed E-state index contributed by atoms with van der Waals surface area (Å²) in [6, 6.07) is 13.5. The van der Waals surface area contributed by atoms with Gasteiger partial charge in [0, 0.05) is 11.4 Å². The summed E-state index contributed by atoms with van der Waals surface area (Å²) in [5, 5.41) is 2.75. The van der Waals surface area contributed by atoms with Crippen LogP contribution in [0.5, 0.6) is 0 Å². The lowest BCUT2D eigenvalue weighted by atomic mass is 10.2. The zero-order valence-electron chi connectivity index (χ0n) is 12.3. The van der Waals surface area contributed by atoms with Gasteiger partial charge in [0.2, 0.25) is 11.8 Å². The zero-order chi connectivity index (χ0) is 16.2. The molecule has 0 radical (unpaired) electrons. The summed E-state index contributed by atoms with van der Waals surface area (Å²) in [7, 11) is 0. The number of rotatable bonds is 4. The van der Waals surface area contributed by atoms with Gasteiger partial charge >= 0.3 is 0 Å². The van der Waals surface area contributed by atoms with E-state index in [1.807, 2.05) is 24.3 Å². The Labute approximate surface area is 137 Å². The Morgan fingerprint density at radius 1 is 1.17 bits per heavy atom. The molecule has 0 saturated heterocycles. The average molecular weight is 330 g/mol. The van der Waals surface area contributed by atoms with E-state index in [0.717, 1.165) is 16.1 Å². The number of nitrogens with one attached hydrogen (secondary N) is 1. The quantitative estimate of drug-likeness (QED) is 0.937. The number of carbonyl (C=O) groups excluding carboxylic acids is 2. The molecular weight excluding hydrogens is 315 g/mol. The fourth-order valence-electron chi connectivity index (χ4n) is 2.33. The number of hydrogen-bond acceptors (Lipinski definition) is 3. The Morgan fingerprint density at radius 3 is 2.70 bits per heavy atom. The van der Waals surface area contributed by atoms with E-state index in [-0.39, 0.29) is 24.2 Å². The Hall–Kier alpha value is -2.34. The summed E-state index contributed by atoms with van der Waals surface area (Å²) in [5.41, 5.74) is 1.58. The van der Waals surface area contributed by atoms with Crippen LogP contribution >= 0.6 is 11.8 Å². The maximum absolute atomic E-state index is 12.8. The fourth-order valence-corrected chi connectivity index (χ4v) is 3.27. The molecule has 1 heterocycles. The van der Waals surface area contributed by atoms with Crippen molar-refractivity contribution in [3.05, 3.63) is 59.9 Å². The van der Waals surface area contributed by atoms with Crippen LogP contribution in [0.2, 0.25) is 0 Å². The normalized spacial score (nSPS) is 13.6. The van der Waals surface area contributed by atoms with Crippen molar-refractivity contribution < 1.29 is 14.0 Å². The van der Waals surface area contributed by atoms with Gasteiger partial charge in [0.05, 0.1) is 11.4 Å². The Kier molecular flexibility index (Phi) is 4.62. The van der Waals surface area contributed by atoms with Gasteiger partial charge in [-0.2, -0.15) is 0 Å². The molecule has 6 heteroatoms. The molecule has 23 heavy (non-hydrogen) atoms. The first-order valence-corrected chi connectivity index (χ1v) is 8.15. The standard InChI is InChI=1S/C17H15FN2O2S/c18-13-7-5-12(6-8-13)9-19-16(21)10-20-14-3-1-2-4-15(14)23-11-17(20)22/h1-8H,9-11H2,(H,19,21). The lowest BCUT2D eigenvalue weighted by Crippen LogP contribution is -2.43. The Bertz CT molecular complexity index is 734. The topological polar surface area (TPSA) is 49.4 Å². The van der Waals surface area contributed by atoms with Crippen LogP contribution in [0.15, 0.2) is 53.4 Å². The van der Waals surface area contributed by atoms with Crippen molar-refractivity contribution in [2.75, 3.05) is 17.2 Å². The van der Waals surface area contributed by atoms with Crippen LogP contribution in [0.3, 0.4) is 0 Å². The van der Waals surface area contributed by atoms with Gasteiger partial charge in [-0.3, -0.25) is 9.59 Å². The summed E-state index contributed by atoms with van der Waals surface area (Å²) in [5.74, 6) is -0.300. The molecular formula is C17H15FN2O2S. The van der Waals surface area contributed by atoms with Gasteiger partial charge in [0.15, 0.2) is 0 Å². The van der Waals surface area contributed by atoms with E-state index in [9.17, 15) is 14.0 Å². The molecule has 0 aromatic heterocycles. The fraction of sp³-hybridized carbons (Fsp3) is 0.176. The van der Waals surface area contributed by atoms with Crippen molar-refractivity contribution in [2.24, 2.45) is 0 Å². The first-order chi connectivity index (χ1) is 11.1. The molecule has 4 nitrogen and oxygen atoms in total. The maximum atomic E-state index is 12.8. The molecule has 0 spiro atoms. The van der Waals surface area contributed by atoms with Crippen LogP contribution in [-0.2, 0) is 16.1 Å². The van der Waals surface area contributed by atoms with Crippen molar-refractivity contribution in [3.63, 3.8) is 0 Å². The minimum atomic E-state index is -0.312. The minimum Gasteiger partial charge on any atom is -0.350 e. The monoisotopic (exact) mass is 330 g/mol. The molecule has 0 bridgehead atoms. The second kappa shape index (κ2) is 6.83. The number of para-hydroxylation sites is 1. The third-order valence-corrected chi connectivity index (χ3v) is 4.56. The molecule has 118 valence electrons. The van der Waals surface area contributed by atoms with Gasteiger partial charge in [-0.15, -0.1) is 11.8 Å². The highest BCUT2D eigenvalue weighted by Crippen LogP contribution is 2.34. The average Bonchev–Trinajstić information content (AvgIpc) is 2.57. The van der Waals surface area contributed by atoms with E-state index in [4.69, 9.17) is 0 Å². The molecule has 0 saturated carbocycles. The highest BCUT2D eigenvalue weighted by Gasteiger charge is 2.25. The third-order valence-electron chi connectivity index (χ3n) is 3.51. The highest BCUT2D eigenvalue weighted by atomic mass is 32.2. The van der Waals surface area contributed by atoms with Crippen LogP contribution in [0, 0.1) is 5.82 Å². The highest BCUT2D eigenvalue weighted by molar-refractivity contribution is 8.00. The number of thioether (sulfide) groups is 1. The number of amides is 2. The number of anilines is 1. The van der Waals surface area contributed by atoms with Crippen LogP contribution in [0.4, 0.5) is 10.1 Å². The van der Waals surface area contributed by atoms with Crippen LogP contribution in [-0.4, -0.2) is 24.1 Å². The molecule has 0 fully saturated rings. The van der Waals surface area contributed by atoms with Crippen LogP contribution in [0.1, 0.15) is 5.56 Å². The molecule has 2 aromatic carbocycles. The van der Waals surface area contributed by atoms with Gasteiger partial charge in [0.1, 0.15) is 12.4 Å². The SMILES string of the molecule is O=C(CN1C(=O)CSc2ccccc21)NCc1ccc(F)cc1. The van der Waals surface area contributed by atoms with Gasteiger partial charge in [-0.05, 0) is 29.8 Å². The molecule has 2 amide bonds. The third kappa shape index (κ3) is 3.71. The predicted octanol–water partition coefficient (Wildman–Crippen LogP) is 2.58. The van der Waals surface area contributed by atoms with Gasteiger partial charge in [-0.25, -0.2) is 4.39 Å². The van der Waals surface area contributed by atoms with E-state index in [0.29, 0.717) is 12.3 Å². The number of benzene rings is 2. The summed E-state index contributed by atoms with van der Waals surface area (Å²) in [6.45, 7) is 0.287. The molecule has 2 aromatic rings. The Morgan fingerprint density at radius 2 is 1.91 bits per heavy atom. The van der Waals surface area contributed by atoms with E-state index < -0.39 is 0 Å². The predicted molar refractivity (Wildman–Crippen MR) is 87.8 cm³/mol. The van der Waals surface area contributed by atoms with Crippen LogP contribution < -0.4 is 10.2 Å². The van der Waals surface area contributed by atoms with E-state index in [1.54, 1.807) is 12.1 Å². The first kappa shape index (κ1) is 15.6. The largest absolute Gasteiger partial charge is 0.350 e. The summed E-state index contributed by atoms with van der Waals surface area (Å²) >= 11 is 1.48. The van der Waals surface area contributed by atoms with E-state index in [1.165, 1.54) is 28.8 Å². The van der Waals surface area contributed by atoms with Gasteiger partial charge in [0.25, 0.3) is 0 Å². The molecule has 0 aliphatic carbocycles. The molecule has 3 rings (SSSR count). The first-order valence-electron chi connectivity index (χ1n) is 7.17. The zero-order valence-corrected chi connectivity index (χ0v) is 13.1. The van der Waals surface area contributed by atoms with Crippen molar-refractivity contribution in [1.82, 2.24) is 5.32 Å². The number of hydrogen-bond donors (Lipinski definition) is 1. The number of carbonyl (C=O) groups is 2. The van der Waals surface area contributed by atoms with Gasteiger partial charge < -0.3 is 10.2 Å². The van der Waals surface area contributed by atoms with Gasteiger partial charge in [-0.1, -0.05) is 24.3 Å². The molecule has 1 aliphatic heterocycles. The van der Waals surface area contributed by atoms with E-state index in [2.05, 4.69) is 5.32 Å². The second-order valence-corrected chi connectivity index (χ2v) is 6.16. The lowest BCUT2D eigenvalue weighted by Gasteiger charge is -2.28.